The molecule has 3 heterocycles. The largest absolute Gasteiger partial charge is 0.481 e. The Morgan fingerprint density at radius 1 is 1.26 bits per heavy atom. The lowest BCUT2D eigenvalue weighted by molar-refractivity contribution is -0.147. The number of imide groups is 1. The van der Waals surface area contributed by atoms with Gasteiger partial charge in [-0.25, -0.2) is 0 Å². The molecule has 2 fully saturated rings. The van der Waals surface area contributed by atoms with Crippen molar-refractivity contribution in [1.29, 1.82) is 0 Å². The van der Waals surface area contributed by atoms with Crippen molar-refractivity contribution < 1.29 is 24.2 Å². The van der Waals surface area contributed by atoms with Gasteiger partial charge in [-0.15, -0.1) is 0 Å². The van der Waals surface area contributed by atoms with Gasteiger partial charge in [-0.05, 0) is 13.8 Å². The number of carbonyl (C=O) groups is 3. The van der Waals surface area contributed by atoms with Crippen LogP contribution in [0.1, 0.15) is 20.3 Å². The van der Waals surface area contributed by atoms with Crippen LogP contribution in [0.2, 0.25) is 0 Å². The molecular formula is C13H15NO5. The molecule has 2 bridgehead atoms. The van der Waals surface area contributed by atoms with E-state index in [1.807, 2.05) is 12.2 Å². The van der Waals surface area contributed by atoms with Gasteiger partial charge >= 0.3 is 5.97 Å². The highest BCUT2D eigenvalue weighted by Crippen LogP contribution is 2.56. The van der Waals surface area contributed by atoms with Crippen molar-refractivity contribution >= 4 is 17.8 Å². The topological polar surface area (TPSA) is 83.9 Å². The van der Waals surface area contributed by atoms with Gasteiger partial charge in [-0.3, -0.25) is 19.3 Å². The number of rotatable bonds is 3. The number of nitrogens with zero attached hydrogens (tertiary/aromatic N) is 1. The first-order valence-corrected chi connectivity index (χ1v) is 6.26. The normalized spacial score (nSPS) is 43.2. The summed E-state index contributed by atoms with van der Waals surface area (Å²) in [6.07, 6.45) is 3.44. The standard InChI is InChI=1S/C13H15NO5/c1-12-4-5-13(2,19-12)9-8(12)10(17)14(11(9)18)6-3-7(15)16/h4-5,8-9H,3,6H2,1-2H3,(H,15,16)/t8-,9+,12?,13?. The molecule has 0 aromatic heterocycles. The number of hydrogen-bond acceptors (Lipinski definition) is 4. The van der Waals surface area contributed by atoms with Gasteiger partial charge in [0, 0.05) is 6.54 Å². The molecule has 6 heteroatoms. The fourth-order valence-electron chi connectivity index (χ4n) is 3.52. The van der Waals surface area contributed by atoms with Crippen molar-refractivity contribution in [2.75, 3.05) is 6.54 Å². The minimum atomic E-state index is -1.02. The molecule has 0 aliphatic carbocycles. The first-order chi connectivity index (χ1) is 8.78. The van der Waals surface area contributed by atoms with Gasteiger partial charge in [-0.2, -0.15) is 0 Å². The minimum Gasteiger partial charge on any atom is -0.481 e. The molecule has 2 amide bonds. The third-order valence-electron chi connectivity index (χ3n) is 4.37. The first kappa shape index (κ1) is 12.3. The predicted molar refractivity (Wildman–Crippen MR) is 63.0 cm³/mol. The highest BCUT2D eigenvalue weighted by atomic mass is 16.5. The highest BCUT2D eigenvalue weighted by molar-refractivity contribution is 6.07. The van der Waals surface area contributed by atoms with Crippen LogP contribution in [0.3, 0.4) is 0 Å². The zero-order chi connectivity index (χ0) is 14.0. The molecule has 0 aromatic rings. The smallest absolute Gasteiger partial charge is 0.305 e. The number of likely N-dealkylation sites (tertiary alicyclic amines) is 1. The Bertz CT molecular complexity index is 491. The zero-order valence-corrected chi connectivity index (χ0v) is 10.8. The Balaban J connectivity index is 1.91. The van der Waals surface area contributed by atoms with Gasteiger partial charge in [0.1, 0.15) is 0 Å². The molecule has 6 nitrogen and oxygen atoms in total. The molecule has 0 radical (unpaired) electrons. The number of carboxylic acid groups (broad SMARTS) is 1. The molecule has 3 rings (SSSR count). The maximum absolute atomic E-state index is 12.3. The van der Waals surface area contributed by atoms with Gasteiger partial charge in [0.15, 0.2) is 0 Å². The van der Waals surface area contributed by atoms with E-state index in [1.165, 1.54) is 0 Å². The molecule has 2 saturated heterocycles. The van der Waals surface area contributed by atoms with Gasteiger partial charge in [0.05, 0.1) is 29.5 Å². The van der Waals surface area contributed by atoms with Crippen LogP contribution in [0.5, 0.6) is 0 Å². The zero-order valence-electron chi connectivity index (χ0n) is 10.8. The molecule has 3 aliphatic rings. The number of amides is 2. The summed E-state index contributed by atoms with van der Waals surface area (Å²) < 4.78 is 5.83. The molecule has 1 N–H and O–H groups in total. The molecule has 19 heavy (non-hydrogen) atoms. The summed E-state index contributed by atoms with van der Waals surface area (Å²) in [7, 11) is 0. The van der Waals surface area contributed by atoms with Crippen molar-refractivity contribution in [3.05, 3.63) is 12.2 Å². The lowest BCUT2D eigenvalue weighted by atomic mass is 9.73. The van der Waals surface area contributed by atoms with E-state index >= 15 is 0 Å². The SMILES string of the molecule is CC12C=CC(C)(O1)[C@H]1C(=O)N(CCC(=O)O)C(=O)[C@H]12. The summed E-state index contributed by atoms with van der Waals surface area (Å²) >= 11 is 0. The van der Waals surface area contributed by atoms with E-state index in [2.05, 4.69) is 0 Å². The van der Waals surface area contributed by atoms with Crippen LogP contribution in [0.25, 0.3) is 0 Å². The summed E-state index contributed by atoms with van der Waals surface area (Å²) in [5.74, 6) is -2.70. The van der Waals surface area contributed by atoms with Gasteiger partial charge in [0.2, 0.25) is 11.8 Å². The maximum atomic E-state index is 12.3. The van der Waals surface area contributed by atoms with E-state index < -0.39 is 29.0 Å². The van der Waals surface area contributed by atoms with Gasteiger partial charge in [-0.1, -0.05) is 12.2 Å². The monoisotopic (exact) mass is 265 g/mol. The Kier molecular flexibility index (Phi) is 2.24. The molecule has 3 aliphatic heterocycles. The Morgan fingerprint density at radius 2 is 1.74 bits per heavy atom. The summed E-state index contributed by atoms with van der Waals surface area (Å²) in [6, 6.07) is 0. The second kappa shape index (κ2) is 3.45. The number of carboxylic acids is 1. The van der Waals surface area contributed by atoms with Crippen molar-refractivity contribution in [3.63, 3.8) is 0 Å². The van der Waals surface area contributed by atoms with E-state index in [1.54, 1.807) is 13.8 Å². The summed E-state index contributed by atoms with van der Waals surface area (Å²) in [4.78, 5) is 36.4. The number of carbonyl (C=O) groups excluding carboxylic acids is 2. The second-order valence-corrected chi connectivity index (χ2v) is 5.73. The van der Waals surface area contributed by atoms with E-state index in [4.69, 9.17) is 9.84 Å². The fraction of sp³-hybridized carbons (Fsp3) is 0.615. The first-order valence-electron chi connectivity index (χ1n) is 6.26. The lowest BCUT2D eigenvalue weighted by Gasteiger charge is -2.24. The number of fused-ring (bicyclic) bond motifs is 5. The van der Waals surface area contributed by atoms with E-state index in [-0.39, 0.29) is 24.8 Å². The van der Waals surface area contributed by atoms with E-state index in [9.17, 15) is 14.4 Å². The number of aliphatic carboxylic acids is 1. The summed E-state index contributed by atoms with van der Waals surface area (Å²) in [5.41, 5.74) is -1.49. The molecule has 4 atom stereocenters. The van der Waals surface area contributed by atoms with Crippen molar-refractivity contribution in [2.24, 2.45) is 11.8 Å². The number of ether oxygens (including phenoxy) is 1. The third-order valence-corrected chi connectivity index (χ3v) is 4.37. The Morgan fingerprint density at radius 3 is 2.16 bits per heavy atom. The molecule has 2 unspecified atom stereocenters. The minimum absolute atomic E-state index is 0.0633. The van der Waals surface area contributed by atoms with Crippen LogP contribution in [0.15, 0.2) is 12.2 Å². The predicted octanol–water partition coefficient (Wildman–Crippen LogP) is 0.180. The van der Waals surface area contributed by atoms with E-state index in [0.717, 1.165) is 4.90 Å². The Hall–Kier alpha value is -1.69. The van der Waals surface area contributed by atoms with Crippen LogP contribution in [0.4, 0.5) is 0 Å². The summed E-state index contributed by atoms with van der Waals surface area (Å²) in [6.45, 7) is 3.53. The average molecular weight is 265 g/mol. The van der Waals surface area contributed by atoms with Gasteiger partial charge in [0.25, 0.3) is 0 Å². The molecule has 0 aromatic carbocycles. The van der Waals surface area contributed by atoms with Crippen molar-refractivity contribution in [1.82, 2.24) is 4.90 Å². The maximum Gasteiger partial charge on any atom is 0.305 e. The molecular weight excluding hydrogens is 250 g/mol. The highest BCUT2D eigenvalue weighted by Gasteiger charge is 2.70. The number of hydrogen-bond donors (Lipinski definition) is 1. The molecule has 0 spiro atoms. The summed E-state index contributed by atoms with van der Waals surface area (Å²) in [5, 5.41) is 8.68. The van der Waals surface area contributed by atoms with Crippen LogP contribution in [0, 0.1) is 11.8 Å². The van der Waals surface area contributed by atoms with Crippen molar-refractivity contribution in [2.45, 2.75) is 31.5 Å². The van der Waals surface area contributed by atoms with Crippen LogP contribution in [-0.2, 0) is 19.1 Å². The van der Waals surface area contributed by atoms with Crippen LogP contribution in [-0.4, -0.2) is 45.5 Å². The fourth-order valence-corrected chi connectivity index (χ4v) is 3.52. The van der Waals surface area contributed by atoms with Crippen molar-refractivity contribution in [3.8, 4) is 0 Å². The third kappa shape index (κ3) is 1.43. The van der Waals surface area contributed by atoms with Gasteiger partial charge < -0.3 is 9.84 Å². The van der Waals surface area contributed by atoms with E-state index in [0.29, 0.717) is 0 Å². The average Bonchev–Trinajstić information content (AvgIpc) is 2.83. The van der Waals surface area contributed by atoms with Crippen LogP contribution < -0.4 is 0 Å². The quantitative estimate of drug-likeness (QED) is 0.581. The second-order valence-electron chi connectivity index (χ2n) is 5.73. The molecule has 102 valence electrons. The lowest BCUT2D eigenvalue weighted by Crippen LogP contribution is -2.40. The van der Waals surface area contributed by atoms with Crippen LogP contribution >= 0.6 is 0 Å². The molecule has 0 saturated carbocycles. The Labute approximate surface area is 110 Å².